The van der Waals surface area contributed by atoms with Gasteiger partial charge in [-0.1, -0.05) is 17.0 Å². The Bertz CT molecular complexity index is 1370. The SMILES string of the molecule is Cc1ccc(-c2cc[c-]c3c4nc(C#N)cn4c4nccn4c23)c(C)n1.[Ir]. The summed E-state index contributed by atoms with van der Waals surface area (Å²) in [6, 6.07) is 13.4. The van der Waals surface area contributed by atoms with Crippen molar-refractivity contribution in [3.05, 3.63) is 66.0 Å². The number of hydrogen-bond donors (Lipinski definition) is 0. The van der Waals surface area contributed by atoms with Crippen LogP contribution < -0.4 is 0 Å². The van der Waals surface area contributed by atoms with Gasteiger partial charge in [0.25, 0.3) is 0 Å². The van der Waals surface area contributed by atoms with E-state index in [4.69, 9.17) is 0 Å². The fraction of sp³-hybridized carbons (Fsp3) is 0.100. The van der Waals surface area contributed by atoms with Gasteiger partial charge in [0, 0.05) is 50.1 Å². The number of nitrogens with zero attached hydrogens (tertiary/aromatic N) is 6. The van der Waals surface area contributed by atoms with E-state index in [1.165, 1.54) is 0 Å². The standard InChI is InChI=1S/C20H13N6.Ir/c1-12-6-7-15(13(2)23-12)16-4-3-5-17-18(16)25-9-8-22-20(25)26-11-14(10-21)24-19(17)26;/h3-4,6-9,11H,1-2H3;/q-1;. The average Bonchev–Trinajstić information content (AvgIpc) is 3.28. The average molecular weight is 530 g/mol. The number of nitriles is 1. The predicted octanol–water partition coefficient (Wildman–Crippen LogP) is 3.48. The third kappa shape index (κ3) is 2.46. The van der Waals surface area contributed by atoms with Crippen molar-refractivity contribution in [3.8, 4) is 17.2 Å². The van der Waals surface area contributed by atoms with Crippen molar-refractivity contribution in [1.82, 2.24) is 23.8 Å². The quantitative estimate of drug-likeness (QED) is 0.312. The molecule has 0 bridgehead atoms. The minimum atomic E-state index is 0. The molecule has 4 heterocycles. The largest absolute Gasteiger partial charge is 0.327 e. The first-order valence-electron chi connectivity index (χ1n) is 8.20. The number of hydrogen-bond acceptors (Lipinski definition) is 4. The van der Waals surface area contributed by atoms with Gasteiger partial charge < -0.3 is 8.80 Å². The van der Waals surface area contributed by atoms with Crippen LogP contribution in [0.15, 0.2) is 42.9 Å². The van der Waals surface area contributed by atoms with Crippen molar-refractivity contribution in [3.63, 3.8) is 0 Å². The van der Waals surface area contributed by atoms with Crippen LogP contribution in [-0.2, 0) is 20.1 Å². The fourth-order valence-electron chi connectivity index (χ4n) is 3.51. The molecule has 1 aromatic carbocycles. The number of rotatable bonds is 1. The summed E-state index contributed by atoms with van der Waals surface area (Å²) in [5.41, 5.74) is 6.03. The molecule has 0 N–H and O–H groups in total. The van der Waals surface area contributed by atoms with Crippen LogP contribution in [-0.4, -0.2) is 23.8 Å². The van der Waals surface area contributed by atoms with Crippen LogP contribution in [0.1, 0.15) is 17.1 Å². The topological polar surface area (TPSA) is 71.3 Å². The zero-order valence-corrected chi connectivity index (χ0v) is 17.0. The second kappa shape index (κ2) is 6.27. The molecule has 5 rings (SSSR count). The zero-order chi connectivity index (χ0) is 17.8. The molecule has 0 amide bonds. The summed E-state index contributed by atoms with van der Waals surface area (Å²) in [7, 11) is 0. The maximum absolute atomic E-state index is 9.26. The van der Waals surface area contributed by atoms with Gasteiger partial charge in [-0.2, -0.15) is 5.26 Å². The Morgan fingerprint density at radius 1 is 1.07 bits per heavy atom. The third-order valence-corrected chi connectivity index (χ3v) is 4.61. The van der Waals surface area contributed by atoms with Crippen molar-refractivity contribution in [1.29, 1.82) is 5.26 Å². The van der Waals surface area contributed by atoms with E-state index >= 15 is 0 Å². The number of aromatic nitrogens is 5. The third-order valence-electron chi connectivity index (χ3n) is 4.61. The van der Waals surface area contributed by atoms with Crippen molar-refractivity contribution < 1.29 is 20.1 Å². The molecule has 0 fully saturated rings. The summed E-state index contributed by atoms with van der Waals surface area (Å²) in [5.74, 6) is 0.708. The molecule has 0 aliphatic heterocycles. The molecule has 27 heavy (non-hydrogen) atoms. The molecule has 7 heteroatoms. The van der Waals surface area contributed by atoms with Gasteiger partial charge in [0.2, 0.25) is 5.78 Å². The van der Waals surface area contributed by atoms with Gasteiger partial charge in [-0.3, -0.25) is 9.97 Å². The Kier molecular flexibility index (Phi) is 4.03. The summed E-state index contributed by atoms with van der Waals surface area (Å²) in [4.78, 5) is 13.5. The summed E-state index contributed by atoms with van der Waals surface area (Å²) in [6.07, 6.45) is 5.37. The van der Waals surface area contributed by atoms with Gasteiger partial charge >= 0.3 is 0 Å². The summed E-state index contributed by atoms with van der Waals surface area (Å²) in [6.45, 7) is 4.00. The maximum atomic E-state index is 9.26. The minimum absolute atomic E-state index is 0. The van der Waals surface area contributed by atoms with Crippen LogP contribution in [0.2, 0.25) is 0 Å². The smallest absolute Gasteiger partial charge is 0.202 e. The van der Waals surface area contributed by atoms with Gasteiger partial charge in [-0.15, -0.1) is 18.2 Å². The summed E-state index contributed by atoms with van der Waals surface area (Å²) in [5, 5.41) is 10.1. The zero-order valence-electron chi connectivity index (χ0n) is 14.6. The Balaban J connectivity index is 0.00000180. The van der Waals surface area contributed by atoms with Gasteiger partial charge in [-0.25, -0.2) is 4.98 Å². The molecule has 1 radical (unpaired) electrons. The monoisotopic (exact) mass is 530 g/mol. The van der Waals surface area contributed by atoms with E-state index in [1.54, 1.807) is 12.4 Å². The van der Waals surface area contributed by atoms with Crippen LogP contribution in [0.25, 0.3) is 33.5 Å². The Hall–Kier alpha value is -3.07. The molecule has 0 unspecified atom stereocenters. The summed E-state index contributed by atoms with van der Waals surface area (Å²) >= 11 is 0. The molecule has 0 saturated carbocycles. The summed E-state index contributed by atoms with van der Waals surface area (Å²) < 4.78 is 3.84. The first-order valence-corrected chi connectivity index (χ1v) is 8.20. The molecule has 0 aliphatic rings. The number of imidazole rings is 2. The molecule has 0 atom stereocenters. The van der Waals surface area contributed by atoms with E-state index in [0.29, 0.717) is 17.1 Å². The predicted molar refractivity (Wildman–Crippen MR) is 97.7 cm³/mol. The Morgan fingerprint density at radius 3 is 2.70 bits per heavy atom. The molecule has 4 aromatic heterocycles. The van der Waals surface area contributed by atoms with Gasteiger partial charge in [0.05, 0.1) is 5.65 Å². The van der Waals surface area contributed by atoms with Crippen LogP contribution in [0.5, 0.6) is 0 Å². The molecule has 6 nitrogen and oxygen atoms in total. The molecule has 5 aromatic rings. The van der Waals surface area contributed by atoms with E-state index in [9.17, 15) is 5.26 Å². The maximum Gasteiger partial charge on any atom is 0.202 e. The van der Waals surface area contributed by atoms with Crippen molar-refractivity contribution in [2.45, 2.75) is 13.8 Å². The second-order valence-electron chi connectivity index (χ2n) is 6.23. The Morgan fingerprint density at radius 2 is 1.93 bits per heavy atom. The van der Waals surface area contributed by atoms with E-state index in [0.717, 1.165) is 33.4 Å². The van der Waals surface area contributed by atoms with Gasteiger partial charge in [0.1, 0.15) is 11.8 Å². The molecule has 133 valence electrons. The van der Waals surface area contributed by atoms with E-state index in [-0.39, 0.29) is 20.1 Å². The van der Waals surface area contributed by atoms with Crippen molar-refractivity contribution in [2.24, 2.45) is 0 Å². The Labute approximate surface area is 168 Å². The van der Waals surface area contributed by atoms with E-state index in [2.05, 4.69) is 33.2 Å². The minimum Gasteiger partial charge on any atom is -0.327 e. The van der Waals surface area contributed by atoms with Gasteiger partial charge in [0.15, 0.2) is 0 Å². The molecule has 0 aliphatic carbocycles. The van der Waals surface area contributed by atoms with Crippen LogP contribution in [0, 0.1) is 31.2 Å². The van der Waals surface area contributed by atoms with Crippen LogP contribution in [0.3, 0.4) is 0 Å². The molecule has 0 spiro atoms. The number of aryl methyl sites for hydroxylation is 2. The number of fused-ring (bicyclic) bond motifs is 6. The first kappa shape index (κ1) is 17.3. The molecular formula is C20H13IrN6-. The number of pyridine rings is 1. The first-order chi connectivity index (χ1) is 12.7. The van der Waals surface area contributed by atoms with Crippen molar-refractivity contribution in [2.75, 3.05) is 0 Å². The van der Waals surface area contributed by atoms with Crippen LogP contribution in [0.4, 0.5) is 0 Å². The van der Waals surface area contributed by atoms with Crippen molar-refractivity contribution >= 4 is 22.3 Å². The molecule has 0 saturated heterocycles. The second-order valence-corrected chi connectivity index (χ2v) is 6.23. The van der Waals surface area contributed by atoms with Crippen LogP contribution >= 0.6 is 0 Å². The van der Waals surface area contributed by atoms with E-state index in [1.807, 2.05) is 47.0 Å². The fourth-order valence-corrected chi connectivity index (χ4v) is 3.51. The van der Waals surface area contributed by atoms with Gasteiger partial charge in [-0.05, 0) is 31.0 Å². The normalized spacial score (nSPS) is 11.0. The molecular weight excluding hydrogens is 516 g/mol. The number of benzene rings is 1. The van der Waals surface area contributed by atoms with E-state index < -0.39 is 0 Å².